The van der Waals surface area contributed by atoms with Gasteiger partial charge in [-0.2, -0.15) is 13.2 Å². The van der Waals surface area contributed by atoms with Crippen molar-refractivity contribution in [2.24, 2.45) is 5.92 Å². The minimum Gasteiger partial charge on any atom is -0.344 e. The smallest absolute Gasteiger partial charge is 0.344 e. The first kappa shape index (κ1) is 26.4. The van der Waals surface area contributed by atoms with E-state index in [0.717, 1.165) is 11.6 Å². The van der Waals surface area contributed by atoms with Gasteiger partial charge in [0.1, 0.15) is 12.3 Å². The van der Waals surface area contributed by atoms with E-state index in [1.807, 2.05) is 30.3 Å². The number of hydrogen-bond donors (Lipinski definition) is 2. The summed E-state index contributed by atoms with van der Waals surface area (Å²) in [5.74, 6) is -1.17. The van der Waals surface area contributed by atoms with E-state index in [0.29, 0.717) is 18.3 Å². The average molecular weight is 483 g/mol. The quantitative estimate of drug-likeness (QED) is 0.494. The van der Waals surface area contributed by atoms with Crippen LogP contribution in [-0.2, 0) is 33.4 Å². The zero-order valence-corrected chi connectivity index (χ0v) is 19.0. The van der Waals surface area contributed by atoms with Gasteiger partial charge in [-0.3, -0.25) is 9.59 Å². The van der Waals surface area contributed by atoms with E-state index >= 15 is 0 Å². The van der Waals surface area contributed by atoms with Crippen LogP contribution in [0.2, 0.25) is 5.02 Å². The molecule has 0 heterocycles. The zero-order valence-electron chi connectivity index (χ0n) is 18.3. The number of carbonyl (C=O) groups excluding carboxylic acids is 3. The van der Waals surface area contributed by atoms with E-state index in [1.165, 1.54) is 12.1 Å². The predicted molar refractivity (Wildman–Crippen MR) is 120 cm³/mol. The fourth-order valence-corrected chi connectivity index (χ4v) is 3.57. The maximum atomic E-state index is 12.8. The second-order valence-corrected chi connectivity index (χ2v) is 8.45. The summed E-state index contributed by atoms with van der Waals surface area (Å²) in [5, 5.41) is 4.88. The zero-order chi connectivity index (χ0) is 24.6. The van der Waals surface area contributed by atoms with Crippen LogP contribution in [0.3, 0.4) is 0 Å². The van der Waals surface area contributed by atoms with E-state index in [-0.39, 0.29) is 18.8 Å². The molecule has 2 N–H and O–H groups in total. The fourth-order valence-electron chi connectivity index (χ4n) is 3.26. The highest BCUT2D eigenvalue weighted by Crippen LogP contribution is 2.35. The van der Waals surface area contributed by atoms with Crippen molar-refractivity contribution in [1.29, 1.82) is 0 Å². The number of alkyl halides is 3. The van der Waals surface area contributed by atoms with Crippen molar-refractivity contribution in [3.8, 4) is 0 Å². The highest BCUT2D eigenvalue weighted by molar-refractivity contribution is 6.31. The van der Waals surface area contributed by atoms with Gasteiger partial charge in [-0.05, 0) is 42.0 Å². The van der Waals surface area contributed by atoms with E-state index in [2.05, 4.69) is 10.6 Å². The number of aryl methyl sites for hydroxylation is 1. The number of benzene rings is 2. The minimum absolute atomic E-state index is 0.0423. The molecule has 9 heteroatoms. The Balaban J connectivity index is 1.95. The Hall–Kier alpha value is -2.87. The van der Waals surface area contributed by atoms with Crippen LogP contribution >= 0.6 is 11.6 Å². The molecule has 33 heavy (non-hydrogen) atoms. The number of halogens is 4. The molecule has 2 aromatic rings. The molecule has 0 aromatic heterocycles. The maximum absolute atomic E-state index is 12.8. The largest absolute Gasteiger partial charge is 0.417 e. The highest BCUT2D eigenvalue weighted by atomic mass is 35.5. The van der Waals surface area contributed by atoms with Crippen molar-refractivity contribution in [2.75, 3.05) is 0 Å². The first-order valence-electron chi connectivity index (χ1n) is 10.5. The van der Waals surface area contributed by atoms with Gasteiger partial charge in [-0.1, -0.05) is 61.8 Å². The first-order chi connectivity index (χ1) is 15.5. The molecule has 2 aromatic carbocycles. The average Bonchev–Trinajstić information content (AvgIpc) is 2.75. The molecule has 0 bridgehead atoms. The SMILES string of the molecule is CC(C)C(NC(=O)CCc1ccc(C(F)(F)F)c(Cl)c1)C(=O)NC(C=O)Cc1ccccc1. The van der Waals surface area contributed by atoms with Gasteiger partial charge >= 0.3 is 6.18 Å². The second kappa shape index (κ2) is 11.8. The summed E-state index contributed by atoms with van der Waals surface area (Å²) in [6.45, 7) is 3.51. The number of nitrogens with one attached hydrogen (secondary N) is 2. The molecule has 0 saturated carbocycles. The molecule has 0 aliphatic carbocycles. The van der Waals surface area contributed by atoms with Crippen LogP contribution in [-0.4, -0.2) is 30.2 Å². The van der Waals surface area contributed by atoms with Crippen molar-refractivity contribution in [3.05, 3.63) is 70.2 Å². The summed E-state index contributed by atoms with van der Waals surface area (Å²) >= 11 is 5.71. The molecule has 5 nitrogen and oxygen atoms in total. The third-order valence-corrected chi connectivity index (χ3v) is 5.35. The molecule has 2 atom stereocenters. The Kier molecular flexibility index (Phi) is 9.46. The van der Waals surface area contributed by atoms with Crippen molar-refractivity contribution in [1.82, 2.24) is 10.6 Å². The van der Waals surface area contributed by atoms with Crippen LogP contribution in [0.4, 0.5) is 13.2 Å². The molecular weight excluding hydrogens is 457 g/mol. The van der Waals surface area contributed by atoms with Gasteiger partial charge in [-0.15, -0.1) is 0 Å². The Morgan fingerprint density at radius 1 is 1.03 bits per heavy atom. The molecule has 2 unspecified atom stereocenters. The molecule has 0 aliphatic rings. The predicted octanol–water partition coefficient (Wildman–Crippen LogP) is 4.36. The van der Waals surface area contributed by atoms with Gasteiger partial charge in [0.15, 0.2) is 0 Å². The van der Waals surface area contributed by atoms with Gasteiger partial charge in [0, 0.05) is 6.42 Å². The molecule has 2 rings (SSSR count). The van der Waals surface area contributed by atoms with Crippen LogP contribution in [0.5, 0.6) is 0 Å². The van der Waals surface area contributed by atoms with E-state index in [9.17, 15) is 27.6 Å². The lowest BCUT2D eigenvalue weighted by Crippen LogP contribution is -2.52. The lowest BCUT2D eigenvalue weighted by atomic mass is 10.0. The minimum atomic E-state index is -4.55. The van der Waals surface area contributed by atoms with Gasteiger partial charge in [0.05, 0.1) is 16.6 Å². The van der Waals surface area contributed by atoms with Crippen molar-refractivity contribution in [2.45, 2.75) is 51.4 Å². The third kappa shape index (κ3) is 8.20. The number of carbonyl (C=O) groups is 3. The van der Waals surface area contributed by atoms with E-state index in [1.54, 1.807) is 13.8 Å². The normalized spacial score (nSPS) is 13.3. The monoisotopic (exact) mass is 482 g/mol. The van der Waals surface area contributed by atoms with Crippen LogP contribution in [0.1, 0.15) is 37.0 Å². The molecule has 178 valence electrons. The van der Waals surface area contributed by atoms with Gasteiger partial charge in [-0.25, -0.2) is 0 Å². The Labute approximate surface area is 195 Å². The van der Waals surface area contributed by atoms with Crippen molar-refractivity contribution < 1.29 is 27.6 Å². The summed E-state index contributed by atoms with van der Waals surface area (Å²) < 4.78 is 38.5. The number of hydrogen-bond acceptors (Lipinski definition) is 3. The Morgan fingerprint density at radius 3 is 2.24 bits per heavy atom. The van der Waals surface area contributed by atoms with Gasteiger partial charge in [0.25, 0.3) is 0 Å². The van der Waals surface area contributed by atoms with E-state index < -0.39 is 40.7 Å². The Bertz CT molecular complexity index is 965. The van der Waals surface area contributed by atoms with Crippen molar-refractivity contribution in [3.63, 3.8) is 0 Å². The summed E-state index contributed by atoms with van der Waals surface area (Å²) in [6.07, 6.45) is -3.47. The lowest BCUT2D eigenvalue weighted by molar-refractivity contribution is -0.137. The molecule has 2 amide bonds. The van der Waals surface area contributed by atoms with E-state index in [4.69, 9.17) is 11.6 Å². The maximum Gasteiger partial charge on any atom is 0.417 e. The summed E-state index contributed by atoms with van der Waals surface area (Å²) in [7, 11) is 0. The second-order valence-electron chi connectivity index (χ2n) is 8.04. The topological polar surface area (TPSA) is 75.3 Å². The Morgan fingerprint density at radius 2 is 1.70 bits per heavy atom. The number of aldehydes is 1. The highest BCUT2D eigenvalue weighted by Gasteiger charge is 2.33. The number of rotatable bonds is 10. The summed E-state index contributed by atoms with van der Waals surface area (Å²) in [4.78, 5) is 36.6. The van der Waals surface area contributed by atoms with Crippen LogP contribution < -0.4 is 10.6 Å². The lowest BCUT2D eigenvalue weighted by Gasteiger charge is -2.23. The molecule has 0 spiro atoms. The summed E-state index contributed by atoms with van der Waals surface area (Å²) in [5.41, 5.74) is 0.418. The molecule has 0 saturated heterocycles. The third-order valence-electron chi connectivity index (χ3n) is 5.04. The van der Waals surface area contributed by atoms with Crippen LogP contribution in [0.25, 0.3) is 0 Å². The molecule has 0 aliphatic heterocycles. The fraction of sp³-hybridized carbons (Fsp3) is 0.375. The first-order valence-corrected chi connectivity index (χ1v) is 10.8. The van der Waals surface area contributed by atoms with Crippen LogP contribution in [0, 0.1) is 5.92 Å². The van der Waals surface area contributed by atoms with Gasteiger partial charge in [0.2, 0.25) is 11.8 Å². The van der Waals surface area contributed by atoms with Gasteiger partial charge < -0.3 is 15.4 Å². The summed E-state index contributed by atoms with van der Waals surface area (Å²) in [6, 6.07) is 10.9. The molecular formula is C24H26ClF3N2O3. The number of amides is 2. The van der Waals surface area contributed by atoms with Crippen molar-refractivity contribution >= 4 is 29.7 Å². The molecule has 0 radical (unpaired) electrons. The standard InChI is InChI=1S/C24H26ClF3N2O3/c1-15(2)22(23(33)29-18(14-31)12-16-6-4-3-5-7-16)30-21(32)11-9-17-8-10-19(20(25)13-17)24(26,27)28/h3-8,10,13-15,18,22H,9,11-12H2,1-2H3,(H,29,33)(H,30,32). The molecule has 0 fully saturated rings. The van der Waals surface area contributed by atoms with Crippen LogP contribution in [0.15, 0.2) is 48.5 Å².